The van der Waals surface area contributed by atoms with Crippen LogP contribution in [0.2, 0.25) is 0 Å². The van der Waals surface area contributed by atoms with Crippen molar-refractivity contribution >= 4 is 0 Å². The second-order valence-corrected chi connectivity index (χ2v) is 5.02. The fraction of sp³-hybridized carbons (Fsp3) is 0.357. The third-order valence-electron chi connectivity index (χ3n) is 3.31. The molecule has 1 aromatic carbocycles. The van der Waals surface area contributed by atoms with Gasteiger partial charge in [-0.05, 0) is 24.1 Å². The van der Waals surface area contributed by atoms with Gasteiger partial charge in [0.05, 0.1) is 17.9 Å². The molecule has 1 aromatic heterocycles. The van der Waals surface area contributed by atoms with E-state index in [0.29, 0.717) is 5.92 Å². The van der Waals surface area contributed by atoms with E-state index in [2.05, 4.69) is 23.8 Å². The Morgan fingerprint density at radius 3 is 2.84 bits per heavy atom. The summed E-state index contributed by atoms with van der Waals surface area (Å²) in [4.78, 5) is 7.62. The predicted octanol–water partition coefficient (Wildman–Crippen LogP) is 2.46. The molecule has 0 radical (unpaired) electrons. The molecule has 3 N–H and O–H groups in total. The lowest BCUT2D eigenvalue weighted by molar-refractivity contribution is 0.174. The highest BCUT2D eigenvalue weighted by molar-refractivity contribution is 5.64. The molecule has 5 heteroatoms. The number of imidazole rings is 1. The van der Waals surface area contributed by atoms with Crippen molar-refractivity contribution in [2.75, 3.05) is 6.79 Å². The van der Waals surface area contributed by atoms with Crippen LogP contribution in [0.5, 0.6) is 11.5 Å². The second kappa shape index (κ2) is 4.59. The molecule has 100 valence electrons. The van der Waals surface area contributed by atoms with Crippen LogP contribution in [0.3, 0.4) is 0 Å². The van der Waals surface area contributed by atoms with Gasteiger partial charge in [0.25, 0.3) is 0 Å². The van der Waals surface area contributed by atoms with Gasteiger partial charge in [0, 0.05) is 5.56 Å². The second-order valence-electron chi connectivity index (χ2n) is 5.02. The summed E-state index contributed by atoms with van der Waals surface area (Å²) in [5, 5.41) is 0. The maximum Gasteiger partial charge on any atom is 0.231 e. The summed E-state index contributed by atoms with van der Waals surface area (Å²) in [6.07, 6.45) is 1.80. The molecule has 0 spiro atoms. The van der Waals surface area contributed by atoms with Gasteiger partial charge in [0.15, 0.2) is 11.5 Å². The first-order valence-corrected chi connectivity index (χ1v) is 6.35. The molecule has 0 aliphatic carbocycles. The van der Waals surface area contributed by atoms with Crippen LogP contribution in [0.4, 0.5) is 0 Å². The first kappa shape index (κ1) is 12.0. The van der Waals surface area contributed by atoms with E-state index >= 15 is 0 Å². The zero-order valence-corrected chi connectivity index (χ0v) is 11.0. The van der Waals surface area contributed by atoms with Gasteiger partial charge in [-0.3, -0.25) is 0 Å². The van der Waals surface area contributed by atoms with Crippen LogP contribution >= 0.6 is 0 Å². The smallest absolute Gasteiger partial charge is 0.231 e. The monoisotopic (exact) mass is 259 g/mol. The highest BCUT2D eigenvalue weighted by atomic mass is 16.7. The highest BCUT2D eigenvalue weighted by Gasteiger charge is 2.17. The molecule has 2 aromatic rings. The van der Waals surface area contributed by atoms with Gasteiger partial charge < -0.3 is 20.2 Å². The van der Waals surface area contributed by atoms with Crippen LogP contribution < -0.4 is 15.2 Å². The van der Waals surface area contributed by atoms with Crippen molar-refractivity contribution in [1.82, 2.24) is 9.97 Å². The highest BCUT2D eigenvalue weighted by Crippen LogP contribution is 2.35. The van der Waals surface area contributed by atoms with Crippen LogP contribution in [0.25, 0.3) is 11.3 Å². The zero-order chi connectivity index (χ0) is 13.4. The first-order chi connectivity index (χ1) is 9.15. The number of nitrogens with two attached hydrogens (primary N) is 1. The van der Waals surface area contributed by atoms with E-state index in [-0.39, 0.29) is 12.8 Å². The van der Waals surface area contributed by atoms with Crippen LogP contribution in [-0.2, 0) is 0 Å². The average Bonchev–Trinajstić information content (AvgIpc) is 3.05. The third kappa shape index (κ3) is 2.17. The summed E-state index contributed by atoms with van der Waals surface area (Å²) in [6, 6.07) is 5.75. The molecule has 0 amide bonds. The van der Waals surface area contributed by atoms with E-state index in [9.17, 15) is 0 Å². The van der Waals surface area contributed by atoms with Crippen molar-refractivity contribution in [2.24, 2.45) is 11.7 Å². The summed E-state index contributed by atoms with van der Waals surface area (Å²) in [5.41, 5.74) is 8.03. The van der Waals surface area contributed by atoms with Crippen molar-refractivity contribution in [3.05, 3.63) is 30.2 Å². The predicted molar refractivity (Wildman–Crippen MR) is 71.9 cm³/mol. The van der Waals surface area contributed by atoms with E-state index in [0.717, 1.165) is 28.6 Å². The number of rotatable bonds is 3. The number of hydrogen-bond donors (Lipinski definition) is 2. The number of benzene rings is 1. The molecule has 1 unspecified atom stereocenters. The van der Waals surface area contributed by atoms with Crippen molar-refractivity contribution in [2.45, 2.75) is 19.9 Å². The van der Waals surface area contributed by atoms with Crippen molar-refractivity contribution in [3.8, 4) is 22.8 Å². The van der Waals surface area contributed by atoms with Crippen LogP contribution in [0.15, 0.2) is 24.4 Å². The van der Waals surface area contributed by atoms with Crippen LogP contribution in [-0.4, -0.2) is 16.8 Å². The van der Waals surface area contributed by atoms with E-state index in [4.69, 9.17) is 15.2 Å². The minimum atomic E-state index is -0.0808. The van der Waals surface area contributed by atoms with E-state index in [1.54, 1.807) is 6.20 Å². The Kier molecular flexibility index (Phi) is 2.91. The van der Waals surface area contributed by atoms with Crippen molar-refractivity contribution in [1.29, 1.82) is 0 Å². The molecule has 0 saturated carbocycles. The number of nitrogens with one attached hydrogen (secondary N) is 1. The largest absolute Gasteiger partial charge is 0.454 e. The van der Waals surface area contributed by atoms with Gasteiger partial charge in [0.2, 0.25) is 6.79 Å². The lowest BCUT2D eigenvalue weighted by Gasteiger charge is -2.12. The molecular weight excluding hydrogens is 242 g/mol. The number of nitrogens with zero attached hydrogens (tertiary/aromatic N) is 1. The van der Waals surface area contributed by atoms with Crippen molar-refractivity contribution < 1.29 is 9.47 Å². The molecule has 0 fully saturated rings. The molecule has 0 bridgehead atoms. The van der Waals surface area contributed by atoms with Gasteiger partial charge in [-0.1, -0.05) is 13.8 Å². The molecule has 1 aliphatic rings. The number of fused-ring (bicyclic) bond motifs is 1. The van der Waals surface area contributed by atoms with E-state index in [1.807, 2.05) is 18.2 Å². The van der Waals surface area contributed by atoms with Gasteiger partial charge >= 0.3 is 0 Å². The Labute approximate surface area is 111 Å². The molecule has 1 atom stereocenters. The normalized spacial score (nSPS) is 14.9. The summed E-state index contributed by atoms with van der Waals surface area (Å²) in [5.74, 6) is 2.70. The molecule has 0 saturated heterocycles. The SMILES string of the molecule is CC(C)C(N)c1ncc(-c2ccc3c(c2)OCO3)[nH]1. The lowest BCUT2D eigenvalue weighted by Crippen LogP contribution is -2.18. The van der Waals surface area contributed by atoms with Crippen LogP contribution in [0.1, 0.15) is 25.7 Å². The van der Waals surface area contributed by atoms with Gasteiger partial charge in [-0.15, -0.1) is 0 Å². The fourth-order valence-electron chi connectivity index (χ4n) is 2.03. The zero-order valence-electron chi connectivity index (χ0n) is 11.0. The van der Waals surface area contributed by atoms with Gasteiger partial charge in [-0.25, -0.2) is 4.98 Å². The maximum atomic E-state index is 6.08. The summed E-state index contributed by atoms with van der Waals surface area (Å²) in [6.45, 7) is 4.44. The van der Waals surface area contributed by atoms with Gasteiger partial charge in [-0.2, -0.15) is 0 Å². The first-order valence-electron chi connectivity index (χ1n) is 6.35. The average molecular weight is 259 g/mol. The van der Waals surface area contributed by atoms with E-state index < -0.39 is 0 Å². The molecule has 5 nitrogen and oxygen atoms in total. The Bertz CT molecular complexity index is 592. The Morgan fingerprint density at radius 1 is 1.26 bits per heavy atom. The standard InChI is InChI=1S/C14H17N3O2/c1-8(2)13(15)14-16-6-10(17-14)9-3-4-11-12(5-9)19-7-18-11/h3-6,8,13H,7,15H2,1-2H3,(H,16,17). The fourth-order valence-corrected chi connectivity index (χ4v) is 2.03. The summed E-state index contributed by atoms with van der Waals surface area (Å²) >= 11 is 0. The maximum absolute atomic E-state index is 6.08. The molecule has 1 aliphatic heterocycles. The summed E-state index contributed by atoms with van der Waals surface area (Å²) < 4.78 is 10.7. The quantitative estimate of drug-likeness (QED) is 0.888. The molecule has 19 heavy (non-hydrogen) atoms. The number of H-pyrrole nitrogens is 1. The number of aromatic amines is 1. The van der Waals surface area contributed by atoms with Crippen LogP contribution in [0, 0.1) is 5.92 Å². The van der Waals surface area contributed by atoms with Crippen molar-refractivity contribution in [3.63, 3.8) is 0 Å². The number of aromatic nitrogens is 2. The lowest BCUT2D eigenvalue weighted by atomic mass is 10.1. The topological polar surface area (TPSA) is 73.2 Å². The minimum Gasteiger partial charge on any atom is -0.454 e. The Morgan fingerprint density at radius 2 is 2.05 bits per heavy atom. The number of ether oxygens (including phenoxy) is 2. The minimum absolute atomic E-state index is 0.0808. The molecular formula is C14H17N3O2. The third-order valence-corrected chi connectivity index (χ3v) is 3.31. The molecule has 2 heterocycles. The Balaban J connectivity index is 1.90. The van der Waals surface area contributed by atoms with Gasteiger partial charge in [0.1, 0.15) is 5.82 Å². The number of hydrogen-bond acceptors (Lipinski definition) is 4. The summed E-state index contributed by atoms with van der Waals surface area (Å²) in [7, 11) is 0. The molecule has 3 rings (SSSR count). The Hall–Kier alpha value is -2.01. The van der Waals surface area contributed by atoms with E-state index in [1.165, 1.54) is 0 Å².